The van der Waals surface area contributed by atoms with E-state index in [0.717, 1.165) is 36.4 Å². The van der Waals surface area contributed by atoms with Crippen LogP contribution in [0.3, 0.4) is 0 Å². The van der Waals surface area contributed by atoms with Gasteiger partial charge in [0.25, 0.3) is 0 Å². The molecule has 0 fully saturated rings. The molecular formula is C29H15F12N3O. The van der Waals surface area contributed by atoms with Gasteiger partial charge in [-0.25, -0.2) is 9.97 Å². The van der Waals surface area contributed by atoms with Crippen molar-refractivity contribution < 1.29 is 57.4 Å². The lowest BCUT2D eigenvalue weighted by atomic mass is 10.0. The van der Waals surface area contributed by atoms with Gasteiger partial charge < -0.3 is 9.64 Å². The molecule has 0 amide bonds. The van der Waals surface area contributed by atoms with E-state index in [1.54, 1.807) is 0 Å². The Bertz CT molecular complexity index is 1780. The SMILES string of the molecule is COc1ccc(N(c2ccc3c(C(F)(F)F)cc(C(F)(F)F)nc3c2)c2ccc3c(C(F)(F)F)cc(C(F)(F)F)nc3c2)cc1. The molecule has 0 radical (unpaired) electrons. The molecule has 0 atom stereocenters. The number of nitrogens with zero attached hydrogens (tertiary/aromatic N) is 3. The van der Waals surface area contributed by atoms with Crippen molar-refractivity contribution in [2.45, 2.75) is 24.7 Å². The number of halogens is 12. The molecule has 16 heteroatoms. The smallest absolute Gasteiger partial charge is 0.433 e. The molecule has 5 rings (SSSR count). The van der Waals surface area contributed by atoms with Crippen LogP contribution in [0.15, 0.2) is 72.8 Å². The molecule has 3 aromatic carbocycles. The fourth-order valence-electron chi connectivity index (χ4n) is 4.65. The molecule has 4 nitrogen and oxygen atoms in total. The predicted molar refractivity (Wildman–Crippen MR) is 138 cm³/mol. The van der Waals surface area contributed by atoms with Gasteiger partial charge in [-0.05, 0) is 60.7 Å². The average Bonchev–Trinajstić information content (AvgIpc) is 2.94. The van der Waals surface area contributed by atoms with E-state index in [-0.39, 0.29) is 29.2 Å². The Labute approximate surface area is 244 Å². The Balaban J connectivity index is 1.79. The molecule has 2 heterocycles. The fourth-order valence-corrected chi connectivity index (χ4v) is 4.65. The number of anilines is 3. The van der Waals surface area contributed by atoms with Crippen molar-refractivity contribution in [3.8, 4) is 5.75 Å². The Hall–Kier alpha value is -4.76. The zero-order valence-corrected chi connectivity index (χ0v) is 22.2. The summed E-state index contributed by atoms with van der Waals surface area (Å²) in [5.74, 6) is 0.327. The number of ether oxygens (including phenoxy) is 1. The van der Waals surface area contributed by atoms with Gasteiger partial charge in [-0.15, -0.1) is 0 Å². The summed E-state index contributed by atoms with van der Waals surface area (Å²) in [7, 11) is 1.34. The molecule has 2 aromatic heterocycles. The average molecular weight is 649 g/mol. The van der Waals surface area contributed by atoms with E-state index in [1.165, 1.54) is 36.3 Å². The number of alkyl halides is 12. The summed E-state index contributed by atoms with van der Waals surface area (Å²) in [6.45, 7) is 0. The molecule has 5 aromatic rings. The first-order valence-corrected chi connectivity index (χ1v) is 12.4. The molecule has 236 valence electrons. The molecule has 0 aliphatic heterocycles. The number of hydrogen-bond donors (Lipinski definition) is 0. The van der Waals surface area contributed by atoms with Gasteiger partial charge in [-0.3, -0.25) is 0 Å². The number of hydrogen-bond acceptors (Lipinski definition) is 4. The summed E-state index contributed by atoms with van der Waals surface area (Å²) in [4.78, 5) is 7.93. The van der Waals surface area contributed by atoms with Crippen molar-refractivity contribution in [1.29, 1.82) is 0 Å². The van der Waals surface area contributed by atoms with Crippen LogP contribution in [-0.4, -0.2) is 17.1 Å². The van der Waals surface area contributed by atoms with Crippen molar-refractivity contribution in [2.75, 3.05) is 12.0 Å². The lowest BCUT2D eigenvalue weighted by Crippen LogP contribution is -2.15. The van der Waals surface area contributed by atoms with Crippen LogP contribution < -0.4 is 9.64 Å². The summed E-state index contributed by atoms with van der Waals surface area (Å²) in [5, 5.41) is -1.36. The largest absolute Gasteiger partial charge is 0.497 e. The second-order valence-electron chi connectivity index (χ2n) is 9.54. The molecular weight excluding hydrogens is 634 g/mol. The first-order valence-electron chi connectivity index (χ1n) is 12.4. The van der Waals surface area contributed by atoms with E-state index < -0.39 is 69.0 Å². The fraction of sp³-hybridized carbons (Fsp3) is 0.172. The van der Waals surface area contributed by atoms with E-state index >= 15 is 0 Å². The molecule has 45 heavy (non-hydrogen) atoms. The van der Waals surface area contributed by atoms with Gasteiger partial charge >= 0.3 is 24.7 Å². The predicted octanol–water partition coefficient (Wildman–Crippen LogP) is 10.3. The second kappa shape index (κ2) is 10.7. The number of fused-ring (bicyclic) bond motifs is 2. The topological polar surface area (TPSA) is 38.2 Å². The van der Waals surface area contributed by atoms with Gasteiger partial charge in [0, 0.05) is 27.8 Å². The molecule has 0 unspecified atom stereocenters. The zero-order valence-electron chi connectivity index (χ0n) is 22.2. The number of rotatable bonds is 4. The molecule has 0 spiro atoms. The first kappa shape index (κ1) is 31.7. The number of benzene rings is 3. The quantitative estimate of drug-likeness (QED) is 0.182. The van der Waals surface area contributed by atoms with Gasteiger partial charge in [0.1, 0.15) is 17.1 Å². The molecule has 0 saturated heterocycles. The highest BCUT2D eigenvalue weighted by Crippen LogP contribution is 2.44. The Morgan fingerprint density at radius 1 is 0.489 bits per heavy atom. The minimum Gasteiger partial charge on any atom is -0.497 e. The number of methoxy groups -OCH3 is 1. The summed E-state index contributed by atoms with van der Waals surface area (Å²) >= 11 is 0. The minimum absolute atomic E-state index is 0.130. The van der Waals surface area contributed by atoms with Crippen molar-refractivity contribution in [3.63, 3.8) is 0 Å². The number of pyridine rings is 2. The maximum absolute atomic E-state index is 13.7. The lowest BCUT2D eigenvalue weighted by Gasteiger charge is -2.27. The standard InChI is InChI=1S/C29H15F12N3O/c1-45-17-6-2-14(3-7-17)44(15-4-8-18-20(26(30,31)32)12-24(28(36,37)38)42-22(18)10-15)16-5-9-19-21(27(33,34)35)13-25(29(39,40)41)43-23(19)11-16/h2-13H,1H3. The third kappa shape index (κ3) is 6.26. The van der Waals surface area contributed by atoms with Crippen LogP contribution in [-0.2, 0) is 24.7 Å². The summed E-state index contributed by atoms with van der Waals surface area (Å²) in [6, 6.07) is 11.0. The highest BCUT2D eigenvalue weighted by Gasteiger charge is 2.41. The van der Waals surface area contributed by atoms with E-state index in [9.17, 15) is 52.7 Å². The van der Waals surface area contributed by atoms with Crippen LogP contribution in [0.1, 0.15) is 22.5 Å². The summed E-state index contributed by atoms with van der Waals surface area (Å²) in [6.07, 6.45) is -20.9. The number of aromatic nitrogens is 2. The molecule has 0 aliphatic rings. The maximum atomic E-state index is 13.7. The summed E-state index contributed by atoms with van der Waals surface area (Å²) < 4.78 is 169. The van der Waals surface area contributed by atoms with Gasteiger partial charge in [0.15, 0.2) is 0 Å². The van der Waals surface area contributed by atoms with Crippen LogP contribution in [0.25, 0.3) is 21.8 Å². The van der Waals surface area contributed by atoms with E-state index in [0.29, 0.717) is 5.75 Å². The Kier molecular flexibility index (Phi) is 7.53. The van der Waals surface area contributed by atoms with Gasteiger partial charge in [-0.2, -0.15) is 52.7 Å². The van der Waals surface area contributed by atoms with E-state index in [4.69, 9.17) is 4.74 Å². The second-order valence-corrected chi connectivity index (χ2v) is 9.54. The van der Waals surface area contributed by atoms with E-state index in [1.807, 2.05) is 0 Å². The molecule has 0 bridgehead atoms. The van der Waals surface area contributed by atoms with Crippen LogP contribution in [0.2, 0.25) is 0 Å². The lowest BCUT2D eigenvalue weighted by molar-refractivity contribution is -0.146. The molecule has 0 aliphatic carbocycles. The van der Waals surface area contributed by atoms with Crippen molar-refractivity contribution in [3.05, 3.63) is 95.3 Å². The van der Waals surface area contributed by atoms with Crippen LogP contribution in [0.5, 0.6) is 5.75 Å². The molecule has 0 N–H and O–H groups in total. The van der Waals surface area contributed by atoms with Gasteiger partial charge in [0.05, 0.1) is 29.3 Å². The van der Waals surface area contributed by atoms with Crippen LogP contribution >= 0.6 is 0 Å². The Morgan fingerprint density at radius 2 is 0.867 bits per heavy atom. The molecule has 0 saturated carbocycles. The van der Waals surface area contributed by atoms with Crippen LogP contribution in [0, 0.1) is 0 Å². The van der Waals surface area contributed by atoms with Crippen molar-refractivity contribution >= 4 is 38.9 Å². The van der Waals surface area contributed by atoms with Crippen molar-refractivity contribution in [2.24, 2.45) is 0 Å². The van der Waals surface area contributed by atoms with Gasteiger partial charge in [-0.1, -0.05) is 12.1 Å². The third-order valence-corrected chi connectivity index (χ3v) is 6.63. The Morgan fingerprint density at radius 3 is 1.20 bits per heavy atom. The maximum Gasteiger partial charge on any atom is 0.433 e. The monoisotopic (exact) mass is 649 g/mol. The van der Waals surface area contributed by atoms with Crippen LogP contribution in [0.4, 0.5) is 69.7 Å². The van der Waals surface area contributed by atoms with E-state index in [2.05, 4.69) is 9.97 Å². The highest BCUT2D eigenvalue weighted by molar-refractivity contribution is 5.92. The van der Waals surface area contributed by atoms with Crippen molar-refractivity contribution in [1.82, 2.24) is 9.97 Å². The third-order valence-electron chi connectivity index (χ3n) is 6.63. The minimum atomic E-state index is -5.25. The highest BCUT2D eigenvalue weighted by atomic mass is 19.4. The van der Waals surface area contributed by atoms with Gasteiger partial charge in [0.2, 0.25) is 0 Å². The summed E-state index contributed by atoms with van der Waals surface area (Å²) in [5.41, 5.74) is -8.45. The first-order chi connectivity index (χ1) is 20.8. The zero-order chi connectivity index (χ0) is 33.1. The normalized spacial score (nSPS) is 13.0.